The fraction of sp³-hybridized carbons (Fsp3) is 0.524. The third-order valence-corrected chi connectivity index (χ3v) is 10.2. The Hall–Kier alpha value is -3.23. The number of hydrogen-bond donors (Lipinski definition) is 6. The lowest BCUT2D eigenvalue weighted by Gasteiger charge is -2.27. The van der Waals surface area contributed by atoms with Crippen LogP contribution in [0.5, 0.6) is 0 Å². The zero-order valence-corrected chi connectivity index (χ0v) is 23.5. The molecule has 4 aromatic heterocycles. The molecule has 2 aliphatic rings. The van der Waals surface area contributed by atoms with Crippen molar-refractivity contribution in [2.75, 3.05) is 31.8 Å². The number of imidazole rings is 2. The van der Waals surface area contributed by atoms with Crippen LogP contribution in [0, 0.1) is 0 Å². The molecule has 4 aromatic rings. The molecule has 0 amide bonds. The van der Waals surface area contributed by atoms with Crippen molar-refractivity contribution in [3.63, 3.8) is 0 Å². The van der Waals surface area contributed by atoms with Crippen molar-refractivity contribution in [1.29, 1.82) is 0 Å². The summed E-state index contributed by atoms with van der Waals surface area (Å²) < 4.78 is 54.9. The average Bonchev–Trinajstić information content (AvgIpc) is 3.71. The molecule has 0 spiro atoms. The van der Waals surface area contributed by atoms with Gasteiger partial charge in [-0.25, -0.2) is 24.3 Å². The summed E-state index contributed by atoms with van der Waals surface area (Å²) in [5, 5.41) is 20.7. The molecule has 0 saturated carbocycles. The number of halogens is 1. The molecule has 18 nitrogen and oxygen atoms in total. The van der Waals surface area contributed by atoms with Gasteiger partial charge in [-0.1, -0.05) is 12.2 Å². The number of methoxy groups -OCH3 is 1. The van der Waals surface area contributed by atoms with Gasteiger partial charge in [-0.05, 0) is 0 Å². The number of aromatic nitrogens is 8. The number of rotatable bonds is 8. The van der Waals surface area contributed by atoms with Crippen LogP contribution in [-0.4, -0.2) is 106 Å². The molecule has 6 rings (SSSR count). The lowest BCUT2D eigenvalue weighted by atomic mass is 10.1. The molecule has 1 unspecified atom stereocenters. The second kappa shape index (κ2) is 10.8. The molecule has 2 aliphatic heterocycles. The maximum absolute atomic E-state index is 15.6. The Balaban J connectivity index is 1.26. The second-order valence-corrected chi connectivity index (χ2v) is 13.3. The van der Waals surface area contributed by atoms with Crippen LogP contribution in [0.2, 0.25) is 0 Å². The Morgan fingerprint density at radius 3 is 2.52 bits per heavy atom. The Bertz CT molecular complexity index is 1740. The maximum Gasteiger partial charge on any atom is 0.280 e. The summed E-state index contributed by atoms with van der Waals surface area (Å²) in [4.78, 5) is 34.8. The van der Waals surface area contributed by atoms with E-state index in [0.29, 0.717) is 11.2 Å². The van der Waals surface area contributed by atoms with Crippen LogP contribution in [0.15, 0.2) is 23.8 Å². The number of aliphatic hydroxyl groups excluding tert-OH is 2. The zero-order chi connectivity index (χ0) is 29.9. The van der Waals surface area contributed by atoms with Crippen molar-refractivity contribution < 1.29 is 37.9 Å². The minimum Gasteiger partial charge on any atom is -0.394 e. The summed E-state index contributed by atoms with van der Waals surface area (Å²) in [6, 6.07) is 0. The van der Waals surface area contributed by atoms with Gasteiger partial charge in [0.15, 0.2) is 35.1 Å². The van der Waals surface area contributed by atoms with E-state index in [1.54, 1.807) is 0 Å². The number of anilines is 2. The number of thiol groups is 1. The number of nitrogen functional groups attached to an aromatic ring is 2. The summed E-state index contributed by atoms with van der Waals surface area (Å²) >= 11 is 4.21. The largest absolute Gasteiger partial charge is 0.394 e. The molecular formula is C21H26FN10O8PS. The first-order valence-electron chi connectivity index (χ1n) is 12.4. The first-order chi connectivity index (χ1) is 20.1. The van der Waals surface area contributed by atoms with Crippen molar-refractivity contribution in [3.05, 3.63) is 29.3 Å². The predicted octanol–water partition coefficient (Wildman–Crippen LogP) is -0.867. The van der Waals surface area contributed by atoms with Crippen molar-refractivity contribution >= 4 is 52.9 Å². The van der Waals surface area contributed by atoms with Gasteiger partial charge in [0, 0.05) is 7.11 Å². The molecule has 226 valence electrons. The number of fused-ring (bicyclic) bond motifs is 2. The van der Waals surface area contributed by atoms with E-state index >= 15 is 4.39 Å². The average molecular weight is 629 g/mol. The molecule has 7 N–H and O–H groups in total. The van der Waals surface area contributed by atoms with Crippen molar-refractivity contribution in [2.24, 2.45) is 0 Å². The van der Waals surface area contributed by atoms with Crippen molar-refractivity contribution in [2.45, 2.75) is 48.7 Å². The van der Waals surface area contributed by atoms with Gasteiger partial charge < -0.3 is 40.4 Å². The predicted molar refractivity (Wildman–Crippen MR) is 145 cm³/mol. The summed E-state index contributed by atoms with van der Waals surface area (Å²) in [7, 11) is 1.37. The number of nitrogens with two attached hydrogens (primary N) is 2. The van der Waals surface area contributed by atoms with Crippen LogP contribution in [0.25, 0.3) is 22.3 Å². The molecule has 0 bridgehead atoms. The molecule has 2 fully saturated rings. The van der Waals surface area contributed by atoms with Crippen LogP contribution in [0.4, 0.5) is 16.2 Å². The molecule has 0 aromatic carbocycles. The van der Waals surface area contributed by atoms with Crippen molar-refractivity contribution in [1.82, 2.24) is 39.0 Å². The SMILES string of the molecule is CO[C@@H]1[C@H](O)[C@@H](COP(=O)(S)[C@@H]2[C@H](F)[C@@H](CO)O[C@H]2n2cnc3c(=O)[nH]c(N)nc32)O[C@H]1n1cnc2c(N)ncnc21. The molecule has 2 saturated heterocycles. The van der Waals surface area contributed by atoms with Crippen molar-refractivity contribution in [3.8, 4) is 0 Å². The number of nitrogens with one attached hydrogen (secondary N) is 1. The van der Waals surface area contributed by atoms with Gasteiger partial charge in [0.25, 0.3) is 12.1 Å². The summed E-state index contributed by atoms with van der Waals surface area (Å²) in [5.74, 6) is -0.0929. The van der Waals surface area contributed by atoms with E-state index in [0.717, 1.165) is 6.33 Å². The molecule has 0 aliphatic carbocycles. The molecule has 9 atom stereocenters. The highest BCUT2D eigenvalue weighted by molar-refractivity contribution is 8.46. The van der Waals surface area contributed by atoms with E-state index in [4.69, 9.17) is 30.2 Å². The summed E-state index contributed by atoms with van der Waals surface area (Å²) in [6.45, 7) is -5.53. The quantitative estimate of drug-likeness (QED) is 0.102. The summed E-state index contributed by atoms with van der Waals surface area (Å²) in [6.07, 6.45) is -5.32. The fourth-order valence-electron chi connectivity index (χ4n) is 5.21. The highest BCUT2D eigenvalue weighted by Crippen LogP contribution is 2.64. The number of nitrogens with zero attached hydrogens (tertiary/aromatic N) is 7. The first kappa shape index (κ1) is 28.9. The lowest BCUT2D eigenvalue weighted by Crippen LogP contribution is -2.35. The third-order valence-electron chi connectivity index (χ3n) is 7.24. The minimum atomic E-state index is -4.28. The first-order valence-corrected chi connectivity index (χ1v) is 15.3. The number of ether oxygens (including phenoxy) is 3. The van der Waals surface area contributed by atoms with E-state index in [-0.39, 0.29) is 22.9 Å². The Labute approximate surface area is 239 Å². The van der Waals surface area contributed by atoms with E-state index in [2.05, 4.69) is 42.2 Å². The number of H-pyrrole nitrogens is 1. The molecular weight excluding hydrogens is 602 g/mol. The van der Waals surface area contributed by atoms with Crippen LogP contribution in [-0.2, 0) is 23.3 Å². The Morgan fingerprint density at radius 2 is 1.81 bits per heavy atom. The third kappa shape index (κ3) is 4.63. The van der Waals surface area contributed by atoms with Gasteiger partial charge in [-0.15, -0.1) is 0 Å². The Kier molecular flexibility index (Phi) is 7.42. The van der Waals surface area contributed by atoms with Crippen LogP contribution in [0.1, 0.15) is 12.5 Å². The highest BCUT2D eigenvalue weighted by Gasteiger charge is 2.56. The number of hydrogen-bond acceptors (Lipinski definition) is 15. The van der Waals surface area contributed by atoms with Crippen LogP contribution >= 0.6 is 18.8 Å². The molecule has 21 heteroatoms. The molecule has 0 radical (unpaired) electrons. The van der Waals surface area contributed by atoms with Gasteiger partial charge in [0.05, 0.1) is 25.9 Å². The van der Waals surface area contributed by atoms with E-state index < -0.39 is 74.0 Å². The van der Waals surface area contributed by atoms with Crippen LogP contribution < -0.4 is 17.0 Å². The maximum atomic E-state index is 15.6. The smallest absolute Gasteiger partial charge is 0.280 e. The minimum absolute atomic E-state index is 0.0669. The summed E-state index contributed by atoms with van der Waals surface area (Å²) in [5.41, 5.74) is 9.74. The topological polar surface area (TPSA) is 254 Å². The van der Waals surface area contributed by atoms with E-state index in [9.17, 15) is 19.6 Å². The normalized spacial score (nSPS) is 31.3. The van der Waals surface area contributed by atoms with Gasteiger partial charge >= 0.3 is 0 Å². The van der Waals surface area contributed by atoms with E-state index in [1.807, 2.05) is 0 Å². The van der Waals surface area contributed by atoms with Crippen LogP contribution in [0.3, 0.4) is 0 Å². The monoisotopic (exact) mass is 628 g/mol. The molecule has 6 heterocycles. The number of aliphatic hydroxyl groups is 2. The fourth-order valence-corrected chi connectivity index (χ4v) is 7.76. The number of aromatic amines is 1. The van der Waals surface area contributed by atoms with Gasteiger partial charge in [-0.3, -0.25) is 23.5 Å². The highest BCUT2D eigenvalue weighted by atomic mass is 32.7. The zero-order valence-electron chi connectivity index (χ0n) is 21.7. The van der Waals surface area contributed by atoms with Gasteiger partial charge in [0.2, 0.25) is 5.95 Å². The number of alkyl halides is 1. The second-order valence-electron chi connectivity index (χ2n) is 9.66. The lowest BCUT2D eigenvalue weighted by molar-refractivity contribution is -0.0559. The Morgan fingerprint density at radius 1 is 1.12 bits per heavy atom. The van der Waals surface area contributed by atoms with Gasteiger partial charge in [0.1, 0.15) is 48.1 Å². The van der Waals surface area contributed by atoms with E-state index in [1.165, 1.54) is 28.9 Å². The van der Waals surface area contributed by atoms with Gasteiger partial charge in [-0.2, -0.15) is 4.98 Å². The standard InChI is InChI=1S/C21H26FN10O8PS/c1-37-13-12(34)8(40-19(13)31-5-27-10-15(23)25-4-26-16(10)31)3-38-41(36,42)14-9(22)7(2-33)39-20(14)32-6-28-11-17(32)29-21(24)30-18(11)35/h4-9,12-14,19-20,33-34H,2-3H2,1H3,(H,36,42)(H2,23,25,26)(H3,24,29,30,35)/t7-,8-,9-,12-,13-,14-,19-,20-,41?/m1/s1. The molecule has 42 heavy (non-hydrogen) atoms.